The topological polar surface area (TPSA) is 43.4 Å². The molecule has 0 aromatic carbocycles. The van der Waals surface area contributed by atoms with Gasteiger partial charge >= 0.3 is 5.97 Å². The number of unbranched alkanes of at least 4 members (excludes halogenated alkanes) is 3. The molecule has 0 N–H and O–H groups in total. The maximum Gasteiger partial charge on any atom is 0.305 e. The Morgan fingerprint density at radius 1 is 1.18 bits per heavy atom. The van der Waals surface area contributed by atoms with Crippen molar-refractivity contribution < 1.29 is 14.3 Å². The molecule has 100 valence electrons. The number of aldehydes is 1. The molecule has 0 aliphatic heterocycles. The molecule has 0 saturated heterocycles. The van der Waals surface area contributed by atoms with Gasteiger partial charge in [-0.25, -0.2) is 0 Å². The van der Waals surface area contributed by atoms with Crippen molar-refractivity contribution in [1.82, 2.24) is 0 Å². The molecular formula is C14H26O3. The van der Waals surface area contributed by atoms with Crippen LogP contribution in [0.4, 0.5) is 0 Å². The Morgan fingerprint density at radius 2 is 1.94 bits per heavy atom. The van der Waals surface area contributed by atoms with Crippen LogP contribution in [0.2, 0.25) is 0 Å². The van der Waals surface area contributed by atoms with E-state index in [9.17, 15) is 9.59 Å². The van der Waals surface area contributed by atoms with Gasteiger partial charge in [-0.3, -0.25) is 4.79 Å². The summed E-state index contributed by atoms with van der Waals surface area (Å²) in [5, 5.41) is 0. The third-order valence-electron chi connectivity index (χ3n) is 2.97. The third-order valence-corrected chi connectivity index (χ3v) is 2.97. The zero-order chi connectivity index (χ0) is 12.9. The Kier molecular flexibility index (Phi) is 11.0. The fraction of sp³-hybridized carbons (Fsp3) is 0.857. The molecule has 0 radical (unpaired) electrons. The summed E-state index contributed by atoms with van der Waals surface area (Å²) in [5.41, 5.74) is 0. The predicted molar refractivity (Wildman–Crippen MR) is 68.8 cm³/mol. The summed E-state index contributed by atoms with van der Waals surface area (Å²) in [6, 6.07) is 0. The lowest BCUT2D eigenvalue weighted by Crippen LogP contribution is -2.10. The van der Waals surface area contributed by atoms with Gasteiger partial charge < -0.3 is 9.53 Å². The molecule has 0 fully saturated rings. The molecule has 3 nitrogen and oxygen atoms in total. The summed E-state index contributed by atoms with van der Waals surface area (Å²) in [5.74, 6) is 0.231. The lowest BCUT2D eigenvalue weighted by atomic mass is 9.95. The number of carbonyl (C=O) groups excluding carboxylic acids is 2. The summed E-state index contributed by atoms with van der Waals surface area (Å²) in [6.07, 6.45) is 8.79. The largest absolute Gasteiger partial charge is 0.466 e. The average molecular weight is 242 g/mol. The molecule has 0 aromatic rings. The molecule has 0 rings (SSSR count). The highest BCUT2D eigenvalue weighted by Crippen LogP contribution is 2.17. The van der Waals surface area contributed by atoms with Crippen LogP contribution in [0, 0.1) is 5.92 Å². The summed E-state index contributed by atoms with van der Waals surface area (Å²) in [6.45, 7) is 4.43. The van der Waals surface area contributed by atoms with Crippen LogP contribution >= 0.6 is 0 Å². The summed E-state index contributed by atoms with van der Waals surface area (Å²) >= 11 is 0. The lowest BCUT2D eigenvalue weighted by molar-refractivity contribution is -0.143. The van der Waals surface area contributed by atoms with Crippen LogP contribution in [0.5, 0.6) is 0 Å². The first-order chi connectivity index (χ1) is 8.24. The van der Waals surface area contributed by atoms with Crippen molar-refractivity contribution in [2.24, 2.45) is 5.92 Å². The van der Waals surface area contributed by atoms with Gasteiger partial charge in [0.1, 0.15) is 6.29 Å². The highest BCUT2D eigenvalue weighted by Gasteiger charge is 2.09. The van der Waals surface area contributed by atoms with Crippen molar-refractivity contribution in [2.45, 2.75) is 65.2 Å². The molecule has 0 heterocycles. The van der Waals surface area contributed by atoms with Gasteiger partial charge in [-0.2, -0.15) is 0 Å². The van der Waals surface area contributed by atoms with E-state index < -0.39 is 0 Å². The van der Waals surface area contributed by atoms with E-state index >= 15 is 0 Å². The van der Waals surface area contributed by atoms with Crippen LogP contribution in [0.25, 0.3) is 0 Å². The lowest BCUT2D eigenvalue weighted by Gasteiger charge is -2.13. The standard InChI is InChI=1S/C14H26O3/c1-3-5-6-7-8-13(9-11-15)10-12-17-14(16)4-2/h11,13H,3-10,12H2,1-2H3. The first-order valence-corrected chi connectivity index (χ1v) is 6.83. The van der Waals surface area contributed by atoms with Gasteiger partial charge in [0, 0.05) is 12.8 Å². The van der Waals surface area contributed by atoms with E-state index in [1.807, 2.05) is 0 Å². The van der Waals surface area contributed by atoms with Crippen molar-refractivity contribution >= 4 is 12.3 Å². The second-order valence-electron chi connectivity index (χ2n) is 4.48. The van der Waals surface area contributed by atoms with Gasteiger partial charge in [0.25, 0.3) is 0 Å². The van der Waals surface area contributed by atoms with Gasteiger partial charge in [0.15, 0.2) is 0 Å². The second kappa shape index (κ2) is 11.6. The SMILES string of the molecule is CCCCCCC(CC=O)CCOC(=O)CC. The van der Waals surface area contributed by atoms with Gasteiger partial charge in [0.2, 0.25) is 0 Å². The molecule has 0 aliphatic carbocycles. The van der Waals surface area contributed by atoms with Gasteiger partial charge in [-0.05, 0) is 18.8 Å². The van der Waals surface area contributed by atoms with Crippen molar-refractivity contribution in [3.63, 3.8) is 0 Å². The molecule has 3 heteroatoms. The maximum absolute atomic E-state index is 11.0. The number of rotatable bonds is 11. The fourth-order valence-electron chi connectivity index (χ4n) is 1.82. The van der Waals surface area contributed by atoms with E-state index in [0.717, 1.165) is 19.1 Å². The van der Waals surface area contributed by atoms with E-state index in [2.05, 4.69) is 6.92 Å². The first-order valence-electron chi connectivity index (χ1n) is 6.83. The average Bonchev–Trinajstić information content (AvgIpc) is 2.34. The molecule has 0 aromatic heterocycles. The summed E-state index contributed by atoms with van der Waals surface area (Å²) < 4.78 is 5.04. The molecule has 1 atom stereocenters. The normalized spacial score (nSPS) is 12.1. The van der Waals surface area contributed by atoms with E-state index in [4.69, 9.17) is 4.74 Å². The minimum Gasteiger partial charge on any atom is -0.466 e. The van der Waals surface area contributed by atoms with Crippen LogP contribution in [-0.2, 0) is 14.3 Å². The van der Waals surface area contributed by atoms with Crippen molar-refractivity contribution in [3.8, 4) is 0 Å². The molecule has 0 bridgehead atoms. The third kappa shape index (κ3) is 10.0. The van der Waals surface area contributed by atoms with E-state index in [0.29, 0.717) is 25.4 Å². The maximum atomic E-state index is 11.0. The van der Waals surface area contributed by atoms with Gasteiger partial charge in [0.05, 0.1) is 6.61 Å². The fourth-order valence-corrected chi connectivity index (χ4v) is 1.82. The molecular weight excluding hydrogens is 216 g/mol. The van der Waals surface area contributed by atoms with E-state index in [1.54, 1.807) is 6.92 Å². The predicted octanol–water partition coefficient (Wildman–Crippen LogP) is 3.51. The molecule has 0 amide bonds. The number of esters is 1. The van der Waals surface area contributed by atoms with Gasteiger partial charge in [-0.15, -0.1) is 0 Å². The Hall–Kier alpha value is -0.860. The Bertz CT molecular complexity index is 202. The van der Waals surface area contributed by atoms with Crippen LogP contribution in [0.3, 0.4) is 0 Å². The summed E-state index contributed by atoms with van der Waals surface area (Å²) in [4.78, 5) is 21.5. The molecule has 0 saturated carbocycles. The Morgan fingerprint density at radius 3 is 2.53 bits per heavy atom. The Balaban J connectivity index is 3.66. The highest BCUT2D eigenvalue weighted by atomic mass is 16.5. The zero-order valence-corrected chi connectivity index (χ0v) is 11.2. The molecule has 0 spiro atoms. The quantitative estimate of drug-likeness (QED) is 0.316. The van der Waals surface area contributed by atoms with Crippen LogP contribution in [0.15, 0.2) is 0 Å². The summed E-state index contributed by atoms with van der Waals surface area (Å²) in [7, 11) is 0. The van der Waals surface area contributed by atoms with E-state index in [-0.39, 0.29) is 5.97 Å². The Labute approximate surface area is 105 Å². The van der Waals surface area contributed by atoms with Crippen LogP contribution in [0.1, 0.15) is 65.2 Å². The number of ether oxygens (including phenoxy) is 1. The number of hydrogen-bond acceptors (Lipinski definition) is 3. The molecule has 17 heavy (non-hydrogen) atoms. The van der Waals surface area contributed by atoms with Crippen molar-refractivity contribution in [3.05, 3.63) is 0 Å². The van der Waals surface area contributed by atoms with Gasteiger partial charge in [-0.1, -0.05) is 39.5 Å². The smallest absolute Gasteiger partial charge is 0.305 e. The molecule has 0 aliphatic rings. The van der Waals surface area contributed by atoms with Crippen LogP contribution in [-0.4, -0.2) is 18.9 Å². The minimum absolute atomic E-state index is 0.152. The highest BCUT2D eigenvalue weighted by molar-refractivity contribution is 5.68. The number of hydrogen-bond donors (Lipinski definition) is 0. The monoisotopic (exact) mass is 242 g/mol. The molecule has 1 unspecified atom stereocenters. The number of carbonyl (C=O) groups is 2. The minimum atomic E-state index is -0.152. The second-order valence-corrected chi connectivity index (χ2v) is 4.48. The van der Waals surface area contributed by atoms with Crippen LogP contribution < -0.4 is 0 Å². The van der Waals surface area contributed by atoms with E-state index in [1.165, 1.54) is 25.7 Å². The van der Waals surface area contributed by atoms with Crippen molar-refractivity contribution in [1.29, 1.82) is 0 Å². The first kappa shape index (κ1) is 16.1. The van der Waals surface area contributed by atoms with Crippen molar-refractivity contribution in [2.75, 3.05) is 6.61 Å². The zero-order valence-electron chi connectivity index (χ0n) is 11.2.